The van der Waals surface area contributed by atoms with Crippen LogP contribution in [0.4, 0.5) is 4.39 Å². The number of piperidine rings is 2. The van der Waals surface area contributed by atoms with Crippen LogP contribution in [0, 0.1) is 11.7 Å². The Morgan fingerprint density at radius 1 is 1.17 bits per heavy atom. The van der Waals surface area contributed by atoms with E-state index in [0.29, 0.717) is 18.4 Å². The number of rotatable bonds is 2. The maximum Gasteiger partial charge on any atom is 0.228 e. The highest BCUT2D eigenvalue weighted by molar-refractivity contribution is 5.85. The van der Waals surface area contributed by atoms with Crippen LogP contribution in [0.2, 0.25) is 0 Å². The Morgan fingerprint density at radius 2 is 1.87 bits per heavy atom. The second kappa shape index (κ2) is 6.69. The number of carbonyl (C=O) groups excluding carboxylic acids is 2. The molecule has 0 aromatic heterocycles. The lowest BCUT2D eigenvalue weighted by Crippen LogP contribution is -2.49. The summed E-state index contributed by atoms with van der Waals surface area (Å²) < 4.78 is 14.3. The molecule has 2 amide bonds. The minimum atomic E-state index is -0.508. The normalized spacial score (nSPS) is 25.6. The van der Waals surface area contributed by atoms with Crippen molar-refractivity contribution in [1.82, 2.24) is 9.80 Å². The Kier molecular flexibility index (Phi) is 4.64. The van der Waals surface area contributed by atoms with Gasteiger partial charge in [0.15, 0.2) is 0 Å². The molecule has 2 heterocycles. The van der Waals surface area contributed by atoms with Crippen LogP contribution < -0.4 is 0 Å². The molecule has 3 rings (SSSR count). The van der Waals surface area contributed by atoms with Gasteiger partial charge in [-0.05, 0) is 31.7 Å². The first-order chi connectivity index (χ1) is 11.1. The lowest BCUT2D eigenvalue weighted by atomic mass is 9.83. The van der Waals surface area contributed by atoms with Crippen molar-refractivity contribution in [3.8, 4) is 0 Å². The molecule has 2 atom stereocenters. The van der Waals surface area contributed by atoms with Crippen molar-refractivity contribution in [2.45, 2.75) is 38.1 Å². The van der Waals surface area contributed by atoms with Crippen LogP contribution in [0.15, 0.2) is 24.3 Å². The van der Waals surface area contributed by atoms with Gasteiger partial charge in [-0.15, -0.1) is 0 Å². The standard InChI is InChI=1S/C18H23FN2O2/c1-20-16(22)10-9-14(18(23)21-11-5-2-6-12-21)17(20)13-7-3-4-8-15(13)19/h3-4,7-8,14,17H,2,5-6,9-12H2,1H3. The molecule has 0 radical (unpaired) electrons. The fourth-order valence-corrected chi connectivity index (χ4v) is 3.79. The van der Waals surface area contributed by atoms with E-state index in [0.717, 1.165) is 32.4 Å². The molecule has 0 bridgehead atoms. The van der Waals surface area contributed by atoms with Gasteiger partial charge in [0, 0.05) is 32.1 Å². The minimum Gasteiger partial charge on any atom is -0.342 e. The van der Waals surface area contributed by atoms with E-state index in [1.54, 1.807) is 30.1 Å². The Balaban J connectivity index is 1.91. The van der Waals surface area contributed by atoms with Crippen molar-refractivity contribution in [3.63, 3.8) is 0 Å². The average molecular weight is 318 g/mol. The summed E-state index contributed by atoms with van der Waals surface area (Å²) >= 11 is 0. The summed E-state index contributed by atoms with van der Waals surface area (Å²) in [6, 6.07) is 5.96. The van der Waals surface area contributed by atoms with Gasteiger partial charge in [0.2, 0.25) is 11.8 Å². The van der Waals surface area contributed by atoms with Crippen molar-refractivity contribution in [3.05, 3.63) is 35.6 Å². The van der Waals surface area contributed by atoms with Crippen LogP contribution in [0.25, 0.3) is 0 Å². The van der Waals surface area contributed by atoms with Crippen LogP contribution in [-0.2, 0) is 9.59 Å². The van der Waals surface area contributed by atoms with E-state index in [4.69, 9.17) is 0 Å². The highest BCUT2D eigenvalue weighted by atomic mass is 19.1. The molecule has 0 N–H and O–H groups in total. The molecular weight excluding hydrogens is 295 g/mol. The lowest BCUT2D eigenvalue weighted by Gasteiger charge is -2.41. The highest BCUT2D eigenvalue weighted by Crippen LogP contribution is 2.38. The summed E-state index contributed by atoms with van der Waals surface area (Å²) in [6.45, 7) is 1.55. The maximum atomic E-state index is 14.3. The van der Waals surface area contributed by atoms with E-state index in [1.165, 1.54) is 6.07 Å². The van der Waals surface area contributed by atoms with Crippen molar-refractivity contribution >= 4 is 11.8 Å². The molecule has 0 saturated carbocycles. The first-order valence-corrected chi connectivity index (χ1v) is 8.38. The fraction of sp³-hybridized carbons (Fsp3) is 0.556. The number of halogens is 1. The number of hydrogen-bond donors (Lipinski definition) is 0. The quantitative estimate of drug-likeness (QED) is 0.841. The van der Waals surface area contributed by atoms with E-state index >= 15 is 0 Å². The zero-order chi connectivity index (χ0) is 16.4. The maximum absolute atomic E-state index is 14.3. The number of hydrogen-bond acceptors (Lipinski definition) is 2. The van der Waals surface area contributed by atoms with Crippen LogP contribution in [0.3, 0.4) is 0 Å². The van der Waals surface area contributed by atoms with Crippen molar-refractivity contribution in [2.75, 3.05) is 20.1 Å². The van der Waals surface area contributed by atoms with E-state index in [-0.39, 0.29) is 23.5 Å². The molecule has 2 fully saturated rings. The molecule has 23 heavy (non-hydrogen) atoms. The summed E-state index contributed by atoms with van der Waals surface area (Å²) in [4.78, 5) is 28.5. The van der Waals surface area contributed by atoms with Gasteiger partial charge in [-0.2, -0.15) is 0 Å². The molecule has 5 heteroatoms. The van der Waals surface area contributed by atoms with E-state index < -0.39 is 6.04 Å². The predicted octanol–water partition coefficient (Wildman–Crippen LogP) is 2.75. The van der Waals surface area contributed by atoms with Crippen LogP contribution in [0.5, 0.6) is 0 Å². The second-order valence-corrected chi connectivity index (χ2v) is 6.50. The first-order valence-electron chi connectivity index (χ1n) is 8.38. The van der Waals surface area contributed by atoms with Gasteiger partial charge in [-0.1, -0.05) is 18.2 Å². The topological polar surface area (TPSA) is 40.6 Å². The minimum absolute atomic E-state index is 0.0269. The summed E-state index contributed by atoms with van der Waals surface area (Å²) in [6.07, 6.45) is 4.06. The van der Waals surface area contributed by atoms with E-state index in [2.05, 4.69) is 0 Å². The zero-order valence-electron chi connectivity index (χ0n) is 13.5. The summed E-state index contributed by atoms with van der Waals surface area (Å²) in [5, 5.41) is 0. The average Bonchev–Trinajstić information content (AvgIpc) is 2.58. The Hall–Kier alpha value is -1.91. The summed E-state index contributed by atoms with van der Waals surface area (Å²) in [5.74, 6) is -0.665. The molecule has 2 unspecified atom stereocenters. The predicted molar refractivity (Wildman–Crippen MR) is 85.1 cm³/mol. The molecule has 1 aromatic rings. The number of benzene rings is 1. The summed E-state index contributed by atoms with van der Waals surface area (Å²) in [7, 11) is 1.68. The van der Waals surface area contributed by atoms with Gasteiger partial charge in [-0.3, -0.25) is 9.59 Å². The molecule has 1 aromatic carbocycles. The Bertz CT molecular complexity index is 598. The molecule has 0 aliphatic carbocycles. The zero-order valence-corrected chi connectivity index (χ0v) is 13.5. The Labute approximate surface area is 136 Å². The van der Waals surface area contributed by atoms with Gasteiger partial charge < -0.3 is 9.80 Å². The molecule has 124 valence electrons. The number of carbonyl (C=O) groups is 2. The van der Waals surface area contributed by atoms with Gasteiger partial charge in [-0.25, -0.2) is 4.39 Å². The monoisotopic (exact) mass is 318 g/mol. The molecule has 2 aliphatic rings. The number of nitrogens with zero attached hydrogens (tertiary/aromatic N) is 2. The third kappa shape index (κ3) is 3.09. The third-order valence-corrected chi connectivity index (χ3v) is 5.07. The number of likely N-dealkylation sites (tertiary alicyclic amines) is 2. The van der Waals surface area contributed by atoms with Crippen LogP contribution >= 0.6 is 0 Å². The molecule has 4 nitrogen and oxygen atoms in total. The Morgan fingerprint density at radius 3 is 2.57 bits per heavy atom. The van der Waals surface area contributed by atoms with Gasteiger partial charge in [0.05, 0.1) is 12.0 Å². The largest absolute Gasteiger partial charge is 0.342 e. The molecule has 2 aliphatic heterocycles. The van der Waals surface area contributed by atoms with E-state index in [9.17, 15) is 14.0 Å². The number of amides is 2. The van der Waals surface area contributed by atoms with Crippen molar-refractivity contribution in [1.29, 1.82) is 0 Å². The summed E-state index contributed by atoms with van der Waals surface area (Å²) in [5.41, 5.74) is 0.443. The fourth-order valence-electron chi connectivity index (χ4n) is 3.79. The van der Waals surface area contributed by atoms with Crippen molar-refractivity contribution < 1.29 is 14.0 Å². The van der Waals surface area contributed by atoms with Gasteiger partial charge >= 0.3 is 0 Å². The van der Waals surface area contributed by atoms with Gasteiger partial charge in [0.1, 0.15) is 5.82 Å². The lowest BCUT2D eigenvalue weighted by molar-refractivity contribution is -0.147. The van der Waals surface area contributed by atoms with Crippen LogP contribution in [0.1, 0.15) is 43.7 Å². The second-order valence-electron chi connectivity index (χ2n) is 6.50. The molecule has 0 spiro atoms. The third-order valence-electron chi connectivity index (χ3n) is 5.07. The highest BCUT2D eigenvalue weighted by Gasteiger charge is 2.41. The smallest absolute Gasteiger partial charge is 0.228 e. The van der Waals surface area contributed by atoms with Gasteiger partial charge in [0.25, 0.3) is 0 Å². The molecular formula is C18H23FN2O2. The first kappa shape index (κ1) is 16.0. The van der Waals surface area contributed by atoms with Crippen molar-refractivity contribution in [2.24, 2.45) is 5.92 Å². The van der Waals surface area contributed by atoms with E-state index in [1.807, 2.05) is 4.90 Å². The van der Waals surface area contributed by atoms with Crippen LogP contribution in [-0.4, -0.2) is 41.8 Å². The molecule has 2 saturated heterocycles. The SMILES string of the molecule is CN1C(=O)CCC(C(=O)N2CCCCC2)C1c1ccccc1F.